The molecule has 0 aromatic carbocycles. The Labute approximate surface area is 102 Å². The van der Waals surface area contributed by atoms with E-state index in [0.717, 1.165) is 31.9 Å². The lowest BCUT2D eigenvalue weighted by Crippen LogP contribution is -2.47. The highest BCUT2D eigenvalue weighted by molar-refractivity contribution is 5.82. The molecule has 1 fully saturated rings. The molecule has 2 heterocycles. The van der Waals surface area contributed by atoms with E-state index in [9.17, 15) is 4.79 Å². The summed E-state index contributed by atoms with van der Waals surface area (Å²) in [6.45, 7) is 7.09. The van der Waals surface area contributed by atoms with E-state index < -0.39 is 0 Å². The van der Waals surface area contributed by atoms with Crippen molar-refractivity contribution in [1.82, 2.24) is 14.9 Å². The number of nitrogens with one attached hydrogen (secondary N) is 1. The third-order valence-corrected chi connectivity index (χ3v) is 3.63. The van der Waals surface area contributed by atoms with Crippen molar-refractivity contribution in [3.05, 3.63) is 18.2 Å². The second-order valence-electron chi connectivity index (χ2n) is 4.89. The Hall–Kier alpha value is -1.16. The van der Waals surface area contributed by atoms with E-state index >= 15 is 0 Å². The van der Waals surface area contributed by atoms with Crippen molar-refractivity contribution >= 4 is 5.78 Å². The quantitative estimate of drug-likeness (QED) is 0.807. The van der Waals surface area contributed by atoms with Crippen LogP contribution in [0.2, 0.25) is 0 Å². The zero-order valence-corrected chi connectivity index (χ0v) is 10.6. The molecule has 1 N–H and O–H groups in total. The van der Waals surface area contributed by atoms with Crippen LogP contribution in [-0.4, -0.2) is 28.4 Å². The summed E-state index contributed by atoms with van der Waals surface area (Å²) in [5, 5.41) is 3.21. The molecule has 0 amide bonds. The maximum Gasteiger partial charge on any atom is 0.143 e. The van der Waals surface area contributed by atoms with Gasteiger partial charge in [0.15, 0.2) is 0 Å². The van der Waals surface area contributed by atoms with Gasteiger partial charge in [-0.05, 0) is 25.4 Å². The van der Waals surface area contributed by atoms with Crippen LogP contribution in [0.4, 0.5) is 0 Å². The Balaban J connectivity index is 1.94. The zero-order valence-electron chi connectivity index (χ0n) is 10.6. The van der Waals surface area contributed by atoms with Crippen LogP contribution in [0, 0.1) is 11.8 Å². The topological polar surface area (TPSA) is 46.9 Å². The first-order chi connectivity index (χ1) is 8.22. The maximum atomic E-state index is 12.1. The van der Waals surface area contributed by atoms with Crippen LogP contribution >= 0.6 is 0 Å². The van der Waals surface area contributed by atoms with Gasteiger partial charge in [-0.1, -0.05) is 13.8 Å². The van der Waals surface area contributed by atoms with E-state index in [4.69, 9.17) is 0 Å². The molecule has 0 spiro atoms. The summed E-state index contributed by atoms with van der Waals surface area (Å²) in [6.07, 6.45) is 5.29. The molecule has 0 aliphatic carbocycles. The number of hydrogen-bond acceptors (Lipinski definition) is 3. The number of Topliss-reactive ketones (excluding diaryl/α,β-unsaturated/α-hetero) is 1. The maximum absolute atomic E-state index is 12.1. The number of aryl methyl sites for hydroxylation is 1. The van der Waals surface area contributed by atoms with Crippen molar-refractivity contribution in [3.63, 3.8) is 0 Å². The largest absolute Gasteiger partial charge is 0.335 e. The van der Waals surface area contributed by atoms with Crippen molar-refractivity contribution in [2.75, 3.05) is 13.1 Å². The van der Waals surface area contributed by atoms with Gasteiger partial charge in [-0.15, -0.1) is 0 Å². The number of aromatic nitrogens is 2. The number of nitrogens with zero attached hydrogens (tertiary/aromatic N) is 2. The van der Waals surface area contributed by atoms with Gasteiger partial charge >= 0.3 is 0 Å². The SMILES string of the molecule is CCCn1ccnc1CC(=O)C(C)C1CNC1. The van der Waals surface area contributed by atoms with Gasteiger partial charge in [0.1, 0.15) is 11.6 Å². The molecule has 0 radical (unpaired) electrons. The smallest absolute Gasteiger partial charge is 0.143 e. The van der Waals surface area contributed by atoms with Crippen LogP contribution in [0.5, 0.6) is 0 Å². The Morgan fingerprint density at radius 2 is 2.41 bits per heavy atom. The first kappa shape index (κ1) is 12.3. The first-order valence-corrected chi connectivity index (χ1v) is 6.45. The lowest BCUT2D eigenvalue weighted by atomic mass is 9.85. The molecule has 2 rings (SSSR count). The summed E-state index contributed by atoms with van der Waals surface area (Å²) in [5.41, 5.74) is 0. The summed E-state index contributed by atoms with van der Waals surface area (Å²) < 4.78 is 2.09. The molecule has 17 heavy (non-hydrogen) atoms. The molecule has 94 valence electrons. The average Bonchev–Trinajstić information content (AvgIpc) is 2.64. The molecule has 1 aliphatic heterocycles. The minimum Gasteiger partial charge on any atom is -0.335 e. The second-order valence-corrected chi connectivity index (χ2v) is 4.89. The minimum atomic E-state index is 0.156. The molecule has 0 saturated carbocycles. The summed E-state index contributed by atoms with van der Waals surface area (Å²) >= 11 is 0. The van der Waals surface area contributed by atoms with Crippen molar-refractivity contribution < 1.29 is 4.79 Å². The molecule has 1 unspecified atom stereocenters. The number of rotatable bonds is 6. The molecule has 1 aliphatic rings. The fourth-order valence-electron chi connectivity index (χ4n) is 2.20. The Kier molecular flexibility index (Phi) is 3.94. The Morgan fingerprint density at radius 1 is 1.65 bits per heavy atom. The van der Waals surface area contributed by atoms with Gasteiger partial charge < -0.3 is 9.88 Å². The first-order valence-electron chi connectivity index (χ1n) is 6.45. The molecular formula is C13H21N3O. The number of carbonyl (C=O) groups is 1. The molecule has 1 aromatic heterocycles. The van der Waals surface area contributed by atoms with Gasteiger partial charge in [-0.25, -0.2) is 4.98 Å². The van der Waals surface area contributed by atoms with Crippen molar-refractivity contribution in [2.24, 2.45) is 11.8 Å². The Morgan fingerprint density at radius 3 is 3.00 bits per heavy atom. The van der Waals surface area contributed by atoms with Gasteiger partial charge in [0.05, 0.1) is 6.42 Å². The van der Waals surface area contributed by atoms with Gasteiger partial charge in [0, 0.05) is 24.9 Å². The van der Waals surface area contributed by atoms with E-state index in [0.29, 0.717) is 18.1 Å². The standard InChI is InChI=1S/C13H21N3O/c1-3-5-16-6-4-15-13(16)7-12(17)10(2)11-8-14-9-11/h4,6,10-11,14H,3,5,7-9H2,1-2H3. The van der Waals surface area contributed by atoms with Crippen LogP contribution in [0.3, 0.4) is 0 Å². The number of hydrogen-bond donors (Lipinski definition) is 1. The normalized spacial score (nSPS) is 17.8. The molecule has 4 heteroatoms. The number of imidazole rings is 1. The van der Waals surface area contributed by atoms with Crippen LogP contribution < -0.4 is 5.32 Å². The summed E-state index contributed by atoms with van der Waals surface area (Å²) in [6, 6.07) is 0. The third-order valence-electron chi connectivity index (χ3n) is 3.63. The van der Waals surface area contributed by atoms with Crippen LogP contribution in [0.15, 0.2) is 12.4 Å². The van der Waals surface area contributed by atoms with E-state index in [1.165, 1.54) is 0 Å². The summed E-state index contributed by atoms with van der Waals surface area (Å²) in [5.74, 6) is 1.91. The van der Waals surface area contributed by atoms with Crippen molar-refractivity contribution in [3.8, 4) is 0 Å². The average molecular weight is 235 g/mol. The second kappa shape index (κ2) is 5.45. The molecule has 1 aromatic rings. The van der Waals surface area contributed by atoms with E-state index in [-0.39, 0.29) is 5.92 Å². The third kappa shape index (κ3) is 2.75. The van der Waals surface area contributed by atoms with Crippen molar-refractivity contribution in [1.29, 1.82) is 0 Å². The van der Waals surface area contributed by atoms with E-state index in [2.05, 4.69) is 21.8 Å². The van der Waals surface area contributed by atoms with Gasteiger partial charge in [-0.2, -0.15) is 0 Å². The highest BCUT2D eigenvalue weighted by Gasteiger charge is 2.28. The van der Waals surface area contributed by atoms with Crippen LogP contribution in [0.1, 0.15) is 26.1 Å². The van der Waals surface area contributed by atoms with E-state index in [1.807, 2.05) is 13.1 Å². The van der Waals surface area contributed by atoms with Gasteiger partial charge in [0.2, 0.25) is 0 Å². The molecule has 1 atom stereocenters. The fraction of sp³-hybridized carbons (Fsp3) is 0.692. The minimum absolute atomic E-state index is 0.156. The highest BCUT2D eigenvalue weighted by atomic mass is 16.1. The highest BCUT2D eigenvalue weighted by Crippen LogP contribution is 2.18. The molecule has 4 nitrogen and oxygen atoms in total. The predicted octanol–water partition coefficient (Wildman–Crippen LogP) is 1.26. The molecule has 1 saturated heterocycles. The summed E-state index contributed by atoms with van der Waals surface area (Å²) in [7, 11) is 0. The summed E-state index contributed by atoms with van der Waals surface area (Å²) in [4.78, 5) is 16.4. The van der Waals surface area contributed by atoms with Gasteiger partial charge in [-0.3, -0.25) is 4.79 Å². The monoisotopic (exact) mass is 235 g/mol. The van der Waals surface area contributed by atoms with E-state index in [1.54, 1.807) is 6.20 Å². The zero-order chi connectivity index (χ0) is 12.3. The molecular weight excluding hydrogens is 214 g/mol. The van der Waals surface area contributed by atoms with Crippen LogP contribution in [0.25, 0.3) is 0 Å². The molecule has 0 bridgehead atoms. The van der Waals surface area contributed by atoms with Crippen molar-refractivity contribution in [2.45, 2.75) is 33.2 Å². The van der Waals surface area contributed by atoms with Gasteiger partial charge in [0.25, 0.3) is 0 Å². The van der Waals surface area contributed by atoms with Crippen LogP contribution in [-0.2, 0) is 17.8 Å². The lowest BCUT2D eigenvalue weighted by molar-refractivity contribution is -0.124. The Bertz CT molecular complexity index is 382. The number of ketones is 1. The lowest BCUT2D eigenvalue weighted by Gasteiger charge is -2.31. The number of carbonyl (C=O) groups excluding carboxylic acids is 1. The fourth-order valence-corrected chi connectivity index (χ4v) is 2.20. The predicted molar refractivity (Wildman–Crippen MR) is 66.8 cm³/mol.